The lowest BCUT2D eigenvalue weighted by atomic mass is 9.76. The molecule has 5 nitrogen and oxygen atoms in total. The average molecular weight is 238 g/mol. The second-order valence-corrected chi connectivity index (χ2v) is 4.58. The molecule has 1 aliphatic heterocycles. The van der Waals surface area contributed by atoms with Gasteiger partial charge in [0.05, 0.1) is 11.6 Å². The monoisotopic (exact) mass is 238 g/mol. The minimum atomic E-state index is -0.718. The number of hydrogen-bond acceptors (Lipinski definition) is 3. The van der Waals surface area contributed by atoms with Crippen molar-refractivity contribution in [3.63, 3.8) is 0 Å². The van der Waals surface area contributed by atoms with Gasteiger partial charge in [-0.1, -0.05) is 0 Å². The maximum Gasteiger partial charge on any atom is 0.310 e. The molecule has 94 valence electrons. The van der Waals surface area contributed by atoms with Gasteiger partial charge in [0.15, 0.2) is 0 Å². The maximum atomic E-state index is 11.5. The quantitative estimate of drug-likeness (QED) is 0.859. The summed E-state index contributed by atoms with van der Waals surface area (Å²) in [5, 5.41) is 13.6. The zero-order chi connectivity index (χ0) is 12.3. The molecule has 0 saturated carbocycles. The van der Waals surface area contributed by atoms with Crippen LogP contribution in [0.15, 0.2) is 12.4 Å². The topological polar surface area (TPSA) is 64.4 Å². The predicted molar refractivity (Wildman–Crippen MR) is 61.7 cm³/mol. The standard InChI is InChI=1S/C12H18N2O3/c1-2-14-9-10(8-13-14)7-12(11(15)16)3-5-17-6-4-12/h8-9H,2-7H2,1H3,(H,15,16). The van der Waals surface area contributed by atoms with E-state index < -0.39 is 11.4 Å². The Labute approximate surface area is 100 Å². The van der Waals surface area contributed by atoms with Crippen LogP contribution in [0.25, 0.3) is 0 Å². The van der Waals surface area contributed by atoms with Crippen LogP contribution in [0.5, 0.6) is 0 Å². The van der Waals surface area contributed by atoms with Crippen LogP contribution in [0.2, 0.25) is 0 Å². The summed E-state index contributed by atoms with van der Waals surface area (Å²) in [7, 11) is 0. The van der Waals surface area contributed by atoms with Crippen molar-refractivity contribution >= 4 is 5.97 Å². The Kier molecular flexibility index (Phi) is 3.47. The Morgan fingerprint density at radius 1 is 1.59 bits per heavy atom. The normalized spacial score (nSPS) is 19.1. The predicted octanol–water partition coefficient (Wildman–Crippen LogP) is 1.33. The SMILES string of the molecule is CCn1cc(CC2(C(=O)O)CCOCC2)cn1. The summed E-state index contributed by atoms with van der Waals surface area (Å²) < 4.78 is 7.08. The minimum absolute atomic E-state index is 0.536. The molecule has 2 rings (SSSR count). The molecular formula is C12H18N2O3. The fraction of sp³-hybridized carbons (Fsp3) is 0.667. The van der Waals surface area contributed by atoms with Gasteiger partial charge in [-0.05, 0) is 31.7 Å². The van der Waals surface area contributed by atoms with Gasteiger partial charge in [-0.15, -0.1) is 0 Å². The van der Waals surface area contributed by atoms with Crippen molar-refractivity contribution in [1.29, 1.82) is 0 Å². The Morgan fingerprint density at radius 2 is 2.29 bits per heavy atom. The van der Waals surface area contributed by atoms with Crippen LogP contribution in [-0.2, 0) is 22.5 Å². The van der Waals surface area contributed by atoms with Crippen molar-refractivity contribution in [2.75, 3.05) is 13.2 Å². The first-order valence-corrected chi connectivity index (χ1v) is 5.99. The van der Waals surface area contributed by atoms with Crippen LogP contribution in [0.4, 0.5) is 0 Å². The molecule has 1 aromatic heterocycles. The van der Waals surface area contributed by atoms with E-state index >= 15 is 0 Å². The van der Waals surface area contributed by atoms with Gasteiger partial charge in [-0.3, -0.25) is 9.48 Å². The molecule has 0 unspecified atom stereocenters. The maximum absolute atomic E-state index is 11.5. The number of hydrogen-bond donors (Lipinski definition) is 1. The molecule has 0 amide bonds. The molecule has 0 bridgehead atoms. The van der Waals surface area contributed by atoms with E-state index in [2.05, 4.69) is 5.10 Å². The smallest absolute Gasteiger partial charge is 0.310 e. The first-order valence-electron chi connectivity index (χ1n) is 5.99. The van der Waals surface area contributed by atoms with Crippen LogP contribution in [0.1, 0.15) is 25.3 Å². The highest BCUT2D eigenvalue weighted by atomic mass is 16.5. The van der Waals surface area contributed by atoms with Gasteiger partial charge in [-0.25, -0.2) is 0 Å². The van der Waals surface area contributed by atoms with Crippen LogP contribution < -0.4 is 0 Å². The van der Waals surface area contributed by atoms with Crippen molar-refractivity contribution < 1.29 is 14.6 Å². The number of nitrogens with zero attached hydrogens (tertiary/aromatic N) is 2. The Bertz CT molecular complexity index is 394. The van der Waals surface area contributed by atoms with Crippen LogP contribution in [-0.4, -0.2) is 34.1 Å². The Morgan fingerprint density at radius 3 is 2.82 bits per heavy atom. The molecule has 0 spiro atoms. The molecule has 17 heavy (non-hydrogen) atoms. The van der Waals surface area contributed by atoms with Gasteiger partial charge in [0.2, 0.25) is 0 Å². The van der Waals surface area contributed by atoms with Crippen molar-refractivity contribution in [3.05, 3.63) is 18.0 Å². The third-order valence-electron chi connectivity index (χ3n) is 3.46. The summed E-state index contributed by atoms with van der Waals surface area (Å²) in [5.41, 5.74) is 0.330. The van der Waals surface area contributed by atoms with Gasteiger partial charge in [0.1, 0.15) is 0 Å². The second-order valence-electron chi connectivity index (χ2n) is 4.58. The van der Waals surface area contributed by atoms with E-state index in [0.29, 0.717) is 32.5 Å². The lowest BCUT2D eigenvalue weighted by Crippen LogP contribution is -2.39. The van der Waals surface area contributed by atoms with Crippen molar-refractivity contribution in [2.45, 2.75) is 32.7 Å². The number of aliphatic carboxylic acids is 1. The molecule has 0 aromatic carbocycles. The molecule has 1 aliphatic rings. The van der Waals surface area contributed by atoms with Crippen molar-refractivity contribution in [1.82, 2.24) is 9.78 Å². The molecule has 0 aliphatic carbocycles. The summed E-state index contributed by atoms with van der Waals surface area (Å²) in [6, 6.07) is 0. The van der Waals surface area contributed by atoms with E-state index in [0.717, 1.165) is 12.1 Å². The van der Waals surface area contributed by atoms with Gasteiger partial charge in [-0.2, -0.15) is 5.10 Å². The number of carboxylic acid groups (broad SMARTS) is 1. The first kappa shape index (κ1) is 12.1. The summed E-state index contributed by atoms with van der Waals surface area (Å²) in [4.78, 5) is 11.5. The highest BCUT2D eigenvalue weighted by Gasteiger charge is 2.40. The molecule has 0 radical (unpaired) electrons. The van der Waals surface area contributed by atoms with Crippen LogP contribution in [0.3, 0.4) is 0 Å². The van der Waals surface area contributed by atoms with Gasteiger partial charge in [0, 0.05) is 26.0 Å². The number of rotatable bonds is 4. The first-order chi connectivity index (χ1) is 8.16. The largest absolute Gasteiger partial charge is 0.481 e. The highest BCUT2D eigenvalue weighted by Crippen LogP contribution is 2.34. The number of aryl methyl sites for hydroxylation is 1. The Hall–Kier alpha value is -1.36. The molecule has 5 heteroatoms. The van der Waals surface area contributed by atoms with E-state index in [9.17, 15) is 9.90 Å². The van der Waals surface area contributed by atoms with E-state index in [1.54, 1.807) is 6.20 Å². The van der Waals surface area contributed by atoms with Crippen LogP contribution in [0, 0.1) is 5.41 Å². The number of ether oxygens (including phenoxy) is 1. The molecule has 1 N–H and O–H groups in total. The van der Waals surface area contributed by atoms with E-state index in [4.69, 9.17) is 4.74 Å². The van der Waals surface area contributed by atoms with Crippen LogP contribution >= 0.6 is 0 Å². The van der Waals surface area contributed by atoms with Gasteiger partial charge >= 0.3 is 5.97 Å². The molecule has 1 fully saturated rings. The second kappa shape index (κ2) is 4.87. The highest BCUT2D eigenvalue weighted by molar-refractivity contribution is 5.75. The molecule has 1 saturated heterocycles. The Balaban J connectivity index is 2.14. The molecule has 2 heterocycles. The number of aromatic nitrogens is 2. The third kappa shape index (κ3) is 2.49. The summed E-state index contributed by atoms with van der Waals surface area (Å²) in [5.74, 6) is -0.718. The number of carbonyl (C=O) groups is 1. The fourth-order valence-corrected chi connectivity index (χ4v) is 2.29. The van der Waals surface area contributed by atoms with E-state index in [-0.39, 0.29) is 0 Å². The number of carboxylic acids is 1. The van der Waals surface area contributed by atoms with Gasteiger partial charge < -0.3 is 9.84 Å². The zero-order valence-electron chi connectivity index (χ0n) is 10.1. The summed E-state index contributed by atoms with van der Waals surface area (Å²) in [6.45, 7) is 3.89. The fourth-order valence-electron chi connectivity index (χ4n) is 2.29. The third-order valence-corrected chi connectivity index (χ3v) is 3.46. The van der Waals surface area contributed by atoms with Crippen molar-refractivity contribution in [2.24, 2.45) is 5.41 Å². The molecule has 1 aromatic rings. The molecular weight excluding hydrogens is 220 g/mol. The zero-order valence-corrected chi connectivity index (χ0v) is 10.1. The summed E-state index contributed by atoms with van der Waals surface area (Å²) >= 11 is 0. The van der Waals surface area contributed by atoms with E-state index in [1.165, 1.54) is 0 Å². The summed E-state index contributed by atoms with van der Waals surface area (Å²) in [6.07, 6.45) is 5.41. The van der Waals surface area contributed by atoms with E-state index in [1.807, 2.05) is 17.8 Å². The molecule has 0 atom stereocenters. The lowest BCUT2D eigenvalue weighted by molar-refractivity contribution is -0.154. The lowest BCUT2D eigenvalue weighted by Gasteiger charge is -2.32. The minimum Gasteiger partial charge on any atom is -0.481 e. The average Bonchev–Trinajstić information content (AvgIpc) is 2.77. The van der Waals surface area contributed by atoms with Crippen molar-refractivity contribution in [3.8, 4) is 0 Å². The van der Waals surface area contributed by atoms with Gasteiger partial charge in [0.25, 0.3) is 0 Å².